The predicted octanol–water partition coefficient (Wildman–Crippen LogP) is 3.86. The van der Waals surface area contributed by atoms with Crippen LogP contribution in [0.4, 0.5) is 0 Å². The van der Waals surface area contributed by atoms with E-state index in [0.717, 1.165) is 19.3 Å². The Labute approximate surface area is 186 Å². The first kappa shape index (κ1) is 30.0. The lowest BCUT2D eigenvalue weighted by Gasteiger charge is -2.15. The number of carbonyl (C=O) groups is 2. The highest BCUT2D eigenvalue weighted by Gasteiger charge is 2.23. The summed E-state index contributed by atoms with van der Waals surface area (Å²) in [5.74, 6) is -0.610. The second kappa shape index (κ2) is 19.7. The number of nitrogens with one attached hydrogen (secondary N) is 1. The molecule has 0 aliphatic heterocycles. The largest absolute Gasteiger partial charge is 0.472 e. The number of esters is 1. The molecule has 0 bridgehead atoms. The minimum atomic E-state index is -4.36. The average molecular weight is 468 g/mol. The molecule has 10 heteroatoms. The van der Waals surface area contributed by atoms with E-state index in [0.29, 0.717) is 6.42 Å². The molecule has 31 heavy (non-hydrogen) atoms. The molecule has 0 aromatic carbocycles. The summed E-state index contributed by atoms with van der Waals surface area (Å²) < 4.78 is 25.8. The van der Waals surface area contributed by atoms with Crippen LogP contribution in [0.25, 0.3) is 0 Å². The molecule has 0 saturated heterocycles. The van der Waals surface area contributed by atoms with Crippen molar-refractivity contribution in [3.05, 3.63) is 0 Å². The SMILES string of the molecule is CCCCCCCCCCCCC(=O)NCCOP(=O)(O)OCC(O)COC(=O)CC. The van der Waals surface area contributed by atoms with E-state index in [2.05, 4.69) is 16.8 Å². The summed E-state index contributed by atoms with van der Waals surface area (Å²) in [5, 5.41) is 12.2. The molecule has 0 aliphatic rings. The van der Waals surface area contributed by atoms with Crippen molar-refractivity contribution in [3.8, 4) is 0 Å². The van der Waals surface area contributed by atoms with Crippen LogP contribution in [0.1, 0.15) is 90.9 Å². The number of ether oxygens (including phenoxy) is 1. The molecule has 0 aromatic heterocycles. The molecule has 2 atom stereocenters. The number of unbranched alkanes of at least 4 members (excludes halogenated alkanes) is 9. The summed E-state index contributed by atoms with van der Waals surface area (Å²) >= 11 is 0. The molecule has 0 fully saturated rings. The molecule has 0 spiro atoms. The van der Waals surface area contributed by atoms with Gasteiger partial charge >= 0.3 is 13.8 Å². The minimum Gasteiger partial charge on any atom is -0.463 e. The van der Waals surface area contributed by atoms with Crippen molar-refractivity contribution < 1.29 is 37.9 Å². The van der Waals surface area contributed by atoms with Crippen LogP contribution in [0.3, 0.4) is 0 Å². The third kappa shape index (κ3) is 20.7. The molecule has 0 rings (SSSR count). The Morgan fingerprint density at radius 1 is 0.903 bits per heavy atom. The van der Waals surface area contributed by atoms with E-state index in [9.17, 15) is 24.2 Å². The number of phosphoric ester groups is 1. The van der Waals surface area contributed by atoms with Crippen LogP contribution in [-0.2, 0) is 27.9 Å². The second-order valence-corrected chi connectivity index (χ2v) is 9.02. The maximum atomic E-state index is 11.8. The minimum absolute atomic E-state index is 0.0845. The number of phosphoric acid groups is 1. The molecule has 3 N–H and O–H groups in total. The average Bonchev–Trinajstić information content (AvgIpc) is 2.75. The zero-order valence-corrected chi connectivity index (χ0v) is 20.1. The Balaban J connectivity index is 3.61. The monoisotopic (exact) mass is 467 g/mol. The Kier molecular flexibility index (Phi) is 19.0. The first-order valence-corrected chi connectivity index (χ1v) is 13.0. The number of hydrogen-bond acceptors (Lipinski definition) is 7. The summed E-state index contributed by atoms with van der Waals surface area (Å²) in [5.41, 5.74) is 0. The van der Waals surface area contributed by atoms with Crippen molar-refractivity contribution in [2.75, 3.05) is 26.4 Å². The molecule has 0 aromatic rings. The van der Waals surface area contributed by atoms with Gasteiger partial charge in [0, 0.05) is 19.4 Å². The maximum absolute atomic E-state index is 11.8. The van der Waals surface area contributed by atoms with Gasteiger partial charge in [-0.05, 0) is 6.42 Å². The third-order valence-corrected chi connectivity index (χ3v) is 5.58. The van der Waals surface area contributed by atoms with E-state index in [1.807, 2.05) is 0 Å². The lowest BCUT2D eigenvalue weighted by atomic mass is 10.1. The van der Waals surface area contributed by atoms with Gasteiger partial charge in [-0.3, -0.25) is 18.6 Å². The number of aliphatic hydroxyl groups excluding tert-OH is 1. The van der Waals surface area contributed by atoms with Gasteiger partial charge in [0.2, 0.25) is 5.91 Å². The van der Waals surface area contributed by atoms with Crippen molar-refractivity contribution in [2.24, 2.45) is 0 Å². The van der Waals surface area contributed by atoms with Gasteiger partial charge in [0.25, 0.3) is 0 Å². The molecule has 2 unspecified atom stereocenters. The van der Waals surface area contributed by atoms with Crippen LogP contribution in [-0.4, -0.2) is 54.3 Å². The van der Waals surface area contributed by atoms with Gasteiger partial charge in [0.1, 0.15) is 12.7 Å². The Bertz CT molecular complexity index is 518. The zero-order valence-electron chi connectivity index (χ0n) is 19.2. The van der Waals surface area contributed by atoms with Crippen molar-refractivity contribution in [1.82, 2.24) is 5.32 Å². The topological polar surface area (TPSA) is 131 Å². The Morgan fingerprint density at radius 2 is 1.48 bits per heavy atom. The van der Waals surface area contributed by atoms with E-state index < -0.39 is 26.5 Å². The van der Waals surface area contributed by atoms with Crippen LogP contribution in [0.15, 0.2) is 0 Å². The van der Waals surface area contributed by atoms with Gasteiger partial charge in [-0.1, -0.05) is 71.6 Å². The van der Waals surface area contributed by atoms with Gasteiger partial charge in [0.15, 0.2) is 0 Å². The highest BCUT2D eigenvalue weighted by atomic mass is 31.2. The fourth-order valence-electron chi connectivity index (χ4n) is 2.77. The number of hydrogen-bond donors (Lipinski definition) is 3. The number of rotatable bonds is 21. The van der Waals surface area contributed by atoms with Crippen LogP contribution in [0, 0.1) is 0 Å². The van der Waals surface area contributed by atoms with Crippen molar-refractivity contribution in [1.29, 1.82) is 0 Å². The molecule has 0 saturated carbocycles. The molecule has 184 valence electrons. The van der Waals surface area contributed by atoms with Crippen LogP contribution in [0.5, 0.6) is 0 Å². The fraction of sp³-hybridized carbons (Fsp3) is 0.905. The first-order chi connectivity index (χ1) is 14.8. The first-order valence-electron chi connectivity index (χ1n) is 11.5. The molecule has 9 nitrogen and oxygen atoms in total. The highest BCUT2D eigenvalue weighted by Crippen LogP contribution is 2.42. The quantitative estimate of drug-likeness (QED) is 0.132. The summed E-state index contributed by atoms with van der Waals surface area (Å²) in [6.45, 7) is 2.86. The molecular weight excluding hydrogens is 425 g/mol. The van der Waals surface area contributed by atoms with E-state index in [4.69, 9.17) is 9.26 Å². The van der Waals surface area contributed by atoms with Gasteiger partial charge < -0.3 is 20.1 Å². The van der Waals surface area contributed by atoms with E-state index >= 15 is 0 Å². The third-order valence-electron chi connectivity index (χ3n) is 4.59. The number of carbonyl (C=O) groups excluding carboxylic acids is 2. The van der Waals surface area contributed by atoms with Crippen molar-refractivity contribution >= 4 is 19.7 Å². The lowest BCUT2D eigenvalue weighted by Crippen LogP contribution is -2.27. The van der Waals surface area contributed by atoms with Gasteiger partial charge in [-0.15, -0.1) is 0 Å². The lowest BCUT2D eigenvalue weighted by molar-refractivity contribution is -0.146. The maximum Gasteiger partial charge on any atom is 0.472 e. The molecule has 0 radical (unpaired) electrons. The molecule has 1 amide bonds. The summed E-state index contributed by atoms with van der Waals surface area (Å²) in [6, 6.07) is 0. The molecular formula is C21H42NO8P. The van der Waals surface area contributed by atoms with E-state index in [1.54, 1.807) is 6.92 Å². The van der Waals surface area contributed by atoms with E-state index in [-0.39, 0.29) is 32.1 Å². The molecule has 0 aliphatic carbocycles. The second-order valence-electron chi connectivity index (χ2n) is 7.57. The summed E-state index contributed by atoms with van der Waals surface area (Å²) in [6.07, 6.45) is 11.3. The summed E-state index contributed by atoms with van der Waals surface area (Å²) in [4.78, 5) is 32.3. The van der Waals surface area contributed by atoms with Crippen molar-refractivity contribution in [3.63, 3.8) is 0 Å². The summed E-state index contributed by atoms with van der Waals surface area (Å²) in [7, 11) is -4.36. The number of aliphatic hydroxyl groups is 1. The number of amides is 1. The Morgan fingerprint density at radius 3 is 2.06 bits per heavy atom. The normalized spacial score (nSPS) is 14.1. The predicted molar refractivity (Wildman–Crippen MR) is 118 cm³/mol. The van der Waals surface area contributed by atoms with Crippen molar-refractivity contribution in [2.45, 2.75) is 97.0 Å². The standard InChI is InChI=1S/C21H42NO8P/c1-3-5-6-7-8-9-10-11-12-13-14-20(24)22-15-16-29-31(26,27)30-18-19(23)17-28-21(25)4-2/h19,23H,3-18H2,1-2H3,(H,22,24)(H,26,27). The fourth-order valence-corrected chi connectivity index (χ4v) is 3.53. The van der Waals surface area contributed by atoms with Gasteiger partial charge in [0.05, 0.1) is 13.2 Å². The van der Waals surface area contributed by atoms with Crippen LogP contribution >= 0.6 is 7.82 Å². The van der Waals surface area contributed by atoms with Crippen LogP contribution < -0.4 is 5.32 Å². The van der Waals surface area contributed by atoms with Gasteiger partial charge in [-0.25, -0.2) is 4.57 Å². The Hall–Kier alpha value is -0.990. The zero-order chi connectivity index (χ0) is 23.4. The molecule has 0 heterocycles. The van der Waals surface area contributed by atoms with Crippen LogP contribution in [0.2, 0.25) is 0 Å². The smallest absolute Gasteiger partial charge is 0.463 e. The van der Waals surface area contributed by atoms with Gasteiger partial charge in [-0.2, -0.15) is 0 Å². The highest BCUT2D eigenvalue weighted by molar-refractivity contribution is 7.47. The van der Waals surface area contributed by atoms with E-state index in [1.165, 1.54) is 44.9 Å².